The number of aliphatic hydroxyl groups excluding tert-OH is 1. The molecule has 0 saturated carbocycles. The summed E-state index contributed by atoms with van der Waals surface area (Å²) >= 11 is 0. The second-order valence-corrected chi connectivity index (χ2v) is 10.4. The van der Waals surface area contributed by atoms with Crippen LogP contribution >= 0.6 is 0 Å². The summed E-state index contributed by atoms with van der Waals surface area (Å²) in [4.78, 5) is 28.1. The molecule has 8 heteroatoms. The molecule has 3 aliphatic rings. The third kappa shape index (κ3) is 4.39. The lowest BCUT2D eigenvalue weighted by Crippen LogP contribution is -2.37. The van der Waals surface area contributed by atoms with E-state index in [2.05, 4.69) is 0 Å². The number of hydrogen-bond donors (Lipinski definition) is 1. The van der Waals surface area contributed by atoms with E-state index in [4.69, 9.17) is 18.9 Å². The molecule has 1 N–H and O–H groups in total. The minimum atomic E-state index is -0.814. The number of methoxy groups -OCH3 is 1. The van der Waals surface area contributed by atoms with Gasteiger partial charge in [0.1, 0.15) is 23.7 Å². The summed E-state index contributed by atoms with van der Waals surface area (Å²) in [5.41, 5.74) is 2.04. The maximum atomic E-state index is 13.1. The number of cyclic esters (lactones) is 1. The highest BCUT2D eigenvalue weighted by atomic mass is 16.6. The maximum absolute atomic E-state index is 13.1. The number of aliphatic hydroxyl groups is 1. The lowest BCUT2D eigenvalue weighted by Gasteiger charge is -2.25. The molecule has 5 rings (SSSR count). The largest absolute Gasteiger partial charge is 0.495 e. The average molecular weight is 496 g/mol. The number of benzene rings is 2. The molecule has 2 aromatic rings. The van der Waals surface area contributed by atoms with Crippen molar-refractivity contribution >= 4 is 12.1 Å². The summed E-state index contributed by atoms with van der Waals surface area (Å²) in [6.45, 7) is 5.85. The molecule has 1 atom stereocenters. The molecular weight excluding hydrogens is 462 g/mol. The van der Waals surface area contributed by atoms with Crippen molar-refractivity contribution in [3.05, 3.63) is 46.5 Å². The zero-order valence-electron chi connectivity index (χ0n) is 21.2. The summed E-state index contributed by atoms with van der Waals surface area (Å²) in [5.74, 6) is 0.668. The number of amides is 1. The number of carbonyl (C=O) groups excluding carboxylic acids is 2. The van der Waals surface area contributed by atoms with Crippen molar-refractivity contribution in [1.82, 2.24) is 4.90 Å². The van der Waals surface area contributed by atoms with Crippen molar-refractivity contribution in [3.8, 4) is 23.0 Å². The molecule has 2 bridgehead atoms. The van der Waals surface area contributed by atoms with Gasteiger partial charge in [0, 0.05) is 23.2 Å². The van der Waals surface area contributed by atoms with E-state index in [1.54, 1.807) is 18.2 Å². The van der Waals surface area contributed by atoms with Crippen molar-refractivity contribution < 1.29 is 33.6 Å². The molecule has 0 aliphatic carbocycles. The number of esters is 1. The maximum Gasteiger partial charge on any atom is 0.415 e. The Balaban J connectivity index is 1.52. The first kappa shape index (κ1) is 24.4. The van der Waals surface area contributed by atoms with Gasteiger partial charge in [0.05, 0.1) is 13.2 Å². The SMILES string of the molecule is COc1c([C@@H](O)CC(C)C)ccc2c1C(=O)OCc1cc(C)cc(OC(=O)N3C4CCC3CC4)c1O2. The molecule has 1 amide bonds. The van der Waals surface area contributed by atoms with Crippen LogP contribution in [0.25, 0.3) is 0 Å². The Hall–Kier alpha value is -3.26. The lowest BCUT2D eigenvalue weighted by atomic mass is 9.96. The molecule has 8 nitrogen and oxygen atoms in total. The highest BCUT2D eigenvalue weighted by Crippen LogP contribution is 2.45. The fourth-order valence-corrected chi connectivity index (χ4v) is 5.71. The number of fused-ring (bicyclic) bond motifs is 4. The predicted octanol–water partition coefficient (Wildman–Crippen LogP) is 5.67. The first-order valence-electron chi connectivity index (χ1n) is 12.6. The molecule has 3 heterocycles. The Morgan fingerprint density at radius 2 is 1.86 bits per heavy atom. The Morgan fingerprint density at radius 1 is 1.17 bits per heavy atom. The topological polar surface area (TPSA) is 94.5 Å². The van der Waals surface area contributed by atoms with Crippen LogP contribution < -0.4 is 14.2 Å². The highest BCUT2D eigenvalue weighted by Gasteiger charge is 2.43. The van der Waals surface area contributed by atoms with E-state index in [9.17, 15) is 14.7 Å². The quantitative estimate of drug-likeness (QED) is 0.534. The standard InChI is InChI=1S/C28H33NO7/c1-15(2)11-21(30)20-9-10-22-24(26(20)33-4)27(31)34-14-17-12-16(3)13-23(25(17)35-22)36-28(32)29-18-5-6-19(29)8-7-18/h9-10,12-13,15,18-19,21,30H,5-8,11,14H2,1-4H3/t18?,19?,21-/m0/s1. The first-order chi connectivity index (χ1) is 17.3. The lowest BCUT2D eigenvalue weighted by molar-refractivity contribution is 0.0453. The molecular formula is C28H33NO7. The molecule has 0 unspecified atom stereocenters. The fraction of sp³-hybridized carbons (Fsp3) is 0.500. The minimum absolute atomic E-state index is 0.0588. The van der Waals surface area contributed by atoms with Crippen LogP contribution in [0.1, 0.15) is 79.1 Å². The zero-order chi connectivity index (χ0) is 25.6. The third-order valence-corrected chi connectivity index (χ3v) is 7.32. The van der Waals surface area contributed by atoms with Crippen LogP contribution in [-0.4, -0.2) is 41.3 Å². The van der Waals surface area contributed by atoms with E-state index < -0.39 is 12.1 Å². The van der Waals surface area contributed by atoms with Crippen molar-refractivity contribution in [1.29, 1.82) is 0 Å². The van der Waals surface area contributed by atoms with E-state index in [-0.39, 0.29) is 53.5 Å². The van der Waals surface area contributed by atoms with E-state index >= 15 is 0 Å². The van der Waals surface area contributed by atoms with Gasteiger partial charge in [-0.15, -0.1) is 0 Å². The molecule has 2 fully saturated rings. The summed E-state index contributed by atoms with van der Waals surface area (Å²) in [7, 11) is 1.45. The minimum Gasteiger partial charge on any atom is -0.495 e. The molecule has 0 radical (unpaired) electrons. The van der Waals surface area contributed by atoms with Gasteiger partial charge in [0.2, 0.25) is 0 Å². The van der Waals surface area contributed by atoms with Gasteiger partial charge in [0.25, 0.3) is 0 Å². The van der Waals surface area contributed by atoms with Gasteiger partial charge in [-0.3, -0.25) is 0 Å². The van der Waals surface area contributed by atoms with Gasteiger partial charge in [-0.1, -0.05) is 13.8 Å². The Kier molecular flexibility index (Phi) is 6.55. The van der Waals surface area contributed by atoms with Crippen LogP contribution in [0.15, 0.2) is 24.3 Å². The van der Waals surface area contributed by atoms with Gasteiger partial charge in [-0.2, -0.15) is 0 Å². The van der Waals surface area contributed by atoms with Gasteiger partial charge in [0.15, 0.2) is 11.5 Å². The van der Waals surface area contributed by atoms with Crippen molar-refractivity contribution in [2.45, 2.75) is 77.7 Å². The smallest absolute Gasteiger partial charge is 0.415 e. The monoisotopic (exact) mass is 495 g/mol. The second-order valence-electron chi connectivity index (χ2n) is 10.4. The normalized spacial score (nSPS) is 21.2. The molecule has 36 heavy (non-hydrogen) atoms. The highest BCUT2D eigenvalue weighted by molar-refractivity contribution is 5.96. The number of carbonyl (C=O) groups is 2. The van der Waals surface area contributed by atoms with Gasteiger partial charge >= 0.3 is 12.1 Å². The first-order valence-corrected chi connectivity index (χ1v) is 12.6. The van der Waals surface area contributed by atoms with Crippen LogP contribution in [0.4, 0.5) is 4.79 Å². The van der Waals surface area contributed by atoms with Gasteiger partial charge in [-0.25, -0.2) is 9.59 Å². The Morgan fingerprint density at radius 3 is 2.50 bits per heavy atom. The number of aryl methyl sites for hydroxylation is 1. The van der Waals surface area contributed by atoms with Crippen molar-refractivity contribution in [2.24, 2.45) is 5.92 Å². The second kappa shape index (κ2) is 9.65. The van der Waals surface area contributed by atoms with E-state index in [1.807, 2.05) is 31.7 Å². The summed E-state index contributed by atoms with van der Waals surface area (Å²) < 4.78 is 23.4. The summed E-state index contributed by atoms with van der Waals surface area (Å²) in [6.07, 6.45) is 3.36. The number of hydrogen-bond acceptors (Lipinski definition) is 7. The van der Waals surface area contributed by atoms with Crippen LogP contribution in [0.2, 0.25) is 0 Å². The number of ether oxygens (including phenoxy) is 4. The Labute approximate surface area is 211 Å². The summed E-state index contributed by atoms with van der Waals surface area (Å²) in [5, 5.41) is 10.8. The fourth-order valence-electron chi connectivity index (χ4n) is 5.71. The van der Waals surface area contributed by atoms with Crippen molar-refractivity contribution in [2.75, 3.05) is 7.11 Å². The van der Waals surface area contributed by atoms with Crippen LogP contribution in [-0.2, 0) is 11.3 Å². The van der Waals surface area contributed by atoms with E-state index in [1.165, 1.54) is 7.11 Å². The molecule has 3 aliphatic heterocycles. The van der Waals surface area contributed by atoms with E-state index in [0.29, 0.717) is 23.3 Å². The molecule has 2 aromatic carbocycles. The predicted molar refractivity (Wildman–Crippen MR) is 132 cm³/mol. The zero-order valence-corrected chi connectivity index (χ0v) is 21.2. The molecule has 0 spiro atoms. The third-order valence-electron chi connectivity index (χ3n) is 7.32. The van der Waals surface area contributed by atoms with Gasteiger partial charge < -0.3 is 29.0 Å². The van der Waals surface area contributed by atoms with Crippen molar-refractivity contribution in [3.63, 3.8) is 0 Å². The molecule has 192 valence electrons. The van der Waals surface area contributed by atoms with E-state index in [0.717, 1.165) is 31.2 Å². The average Bonchev–Trinajstić information content (AvgIpc) is 3.43. The number of rotatable bonds is 5. The van der Waals surface area contributed by atoms with Crippen LogP contribution in [0.5, 0.6) is 23.0 Å². The van der Waals surface area contributed by atoms with Gasteiger partial charge in [-0.05, 0) is 74.8 Å². The molecule has 2 saturated heterocycles. The number of nitrogens with zero attached hydrogens (tertiary/aromatic N) is 1. The van der Waals surface area contributed by atoms with Crippen LogP contribution in [0, 0.1) is 12.8 Å². The molecule has 0 aromatic heterocycles. The van der Waals surface area contributed by atoms with Crippen LogP contribution in [0.3, 0.4) is 0 Å². The summed E-state index contributed by atoms with van der Waals surface area (Å²) in [6, 6.07) is 7.40. The Bertz CT molecular complexity index is 1170.